The highest BCUT2D eigenvalue weighted by atomic mass is 32.2. The first-order valence-corrected chi connectivity index (χ1v) is 10.8. The molecule has 0 bridgehead atoms. The molecule has 1 atom stereocenters. The Kier molecular flexibility index (Phi) is 6.20. The monoisotopic (exact) mass is 399 g/mol. The van der Waals surface area contributed by atoms with Gasteiger partial charge in [0.05, 0.1) is 22.0 Å². The molecule has 2 aromatic carbocycles. The third-order valence-electron chi connectivity index (χ3n) is 4.03. The van der Waals surface area contributed by atoms with Gasteiger partial charge >= 0.3 is 6.09 Å². The van der Waals surface area contributed by atoms with Gasteiger partial charge in [-0.2, -0.15) is 0 Å². The maximum Gasteiger partial charge on any atom is 0.442 e. The van der Waals surface area contributed by atoms with E-state index in [0.29, 0.717) is 6.42 Å². The van der Waals surface area contributed by atoms with Crippen LogP contribution in [0.25, 0.3) is 0 Å². The number of hydrogen-bond acceptors (Lipinski definition) is 5. The van der Waals surface area contributed by atoms with Crippen molar-refractivity contribution in [1.29, 1.82) is 0 Å². The average Bonchev–Trinajstić information content (AvgIpc) is 3.08. The highest BCUT2D eigenvalue weighted by Gasteiger charge is 2.16. The van der Waals surface area contributed by atoms with Gasteiger partial charge in [0.25, 0.3) is 0 Å². The van der Waals surface area contributed by atoms with Crippen molar-refractivity contribution in [1.82, 2.24) is 5.32 Å². The summed E-state index contributed by atoms with van der Waals surface area (Å²) in [5.74, 6) is -0.834. The first-order valence-electron chi connectivity index (χ1n) is 8.73. The minimum Gasteiger partial charge on any atom is -0.443 e. The Balaban J connectivity index is 1.48. The van der Waals surface area contributed by atoms with Gasteiger partial charge in [-0.3, -0.25) is 9.79 Å². The van der Waals surface area contributed by atoms with Crippen molar-refractivity contribution in [2.45, 2.75) is 13.0 Å². The number of para-hydroxylation sites is 1. The van der Waals surface area contributed by atoms with Gasteiger partial charge in [0.15, 0.2) is 0 Å². The molecule has 0 aliphatic carbocycles. The van der Waals surface area contributed by atoms with Crippen molar-refractivity contribution >= 4 is 33.1 Å². The second kappa shape index (κ2) is 8.79. The molecule has 2 aromatic rings. The molecule has 146 valence electrons. The molecular formula is C20H21N3O4S. The first-order chi connectivity index (χ1) is 13.4. The van der Waals surface area contributed by atoms with Crippen LogP contribution < -0.4 is 5.32 Å². The van der Waals surface area contributed by atoms with E-state index >= 15 is 0 Å². The fourth-order valence-corrected chi connectivity index (χ4v) is 3.75. The molecule has 8 heteroatoms. The Morgan fingerprint density at radius 2 is 1.86 bits per heavy atom. The van der Waals surface area contributed by atoms with Crippen LogP contribution >= 0.6 is 0 Å². The van der Waals surface area contributed by atoms with E-state index in [1.165, 1.54) is 6.26 Å². The standard InChI is InChI=1S/C20H21N3O4S/c1-28(26,23-20(25)27-13-15-7-3-2-4-8-15)14-19(24)21-12-17-11-16-9-5-6-10-18(16)22-17/h2-10H,11-14H2,1H3,(H,21,24). The van der Waals surface area contributed by atoms with E-state index < -0.39 is 21.7 Å². The fourth-order valence-electron chi connectivity index (χ4n) is 2.73. The Labute approximate surface area is 164 Å². The lowest BCUT2D eigenvalue weighted by Gasteiger charge is -2.07. The Hall–Kier alpha value is -3.00. The summed E-state index contributed by atoms with van der Waals surface area (Å²) in [6.45, 7) is 0.298. The van der Waals surface area contributed by atoms with Crippen molar-refractivity contribution in [2.75, 3.05) is 18.6 Å². The van der Waals surface area contributed by atoms with Crippen molar-refractivity contribution in [2.24, 2.45) is 9.36 Å². The number of rotatable bonds is 6. The van der Waals surface area contributed by atoms with E-state index in [1.807, 2.05) is 42.5 Å². The normalized spacial score (nSPS) is 14.4. The number of benzene rings is 2. The SMILES string of the molecule is CS(=O)(CC(=O)NCC1=Nc2ccccc2C1)=NC(=O)OCc1ccccc1. The molecule has 2 amide bonds. The highest BCUT2D eigenvalue weighted by molar-refractivity contribution is 7.93. The molecule has 0 saturated heterocycles. The minimum absolute atomic E-state index is 0.0330. The van der Waals surface area contributed by atoms with Crippen LogP contribution in [0, 0.1) is 0 Å². The molecule has 28 heavy (non-hydrogen) atoms. The quantitative estimate of drug-likeness (QED) is 0.808. The van der Waals surface area contributed by atoms with E-state index in [1.54, 1.807) is 12.1 Å². The lowest BCUT2D eigenvalue weighted by Crippen LogP contribution is -2.34. The number of carbonyl (C=O) groups is 2. The van der Waals surface area contributed by atoms with Crippen molar-refractivity contribution in [3.05, 3.63) is 65.7 Å². The van der Waals surface area contributed by atoms with Gasteiger partial charge in [-0.1, -0.05) is 48.5 Å². The third-order valence-corrected chi connectivity index (χ3v) is 5.36. The average molecular weight is 399 g/mol. The van der Waals surface area contributed by atoms with E-state index in [2.05, 4.69) is 14.7 Å². The predicted molar refractivity (Wildman–Crippen MR) is 108 cm³/mol. The van der Waals surface area contributed by atoms with E-state index in [0.717, 1.165) is 22.5 Å². The van der Waals surface area contributed by atoms with E-state index in [4.69, 9.17) is 4.74 Å². The number of amides is 2. The summed E-state index contributed by atoms with van der Waals surface area (Å²) < 4.78 is 21.0. The molecular weight excluding hydrogens is 378 g/mol. The largest absolute Gasteiger partial charge is 0.443 e. The Morgan fingerprint density at radius 3 is 2.61 bits per heavy atom. The molecule has 1 aliphatic heterocycles. The summed E-state index contributed by atoms with van der Waals surface area (Å²) in [6.07, 6.45) is 0.993. The molecule has 0 fully saturated rings. The summed E-state index contributed by atoms with van der Waals surface area (Å²) in [4.78, 5) is 28.3. The fraction of sp³-hybridized carbons (Fsp3) is 0.250. The van der Waals surface area contributed by atoms with Crippen LogP contribution in [0.15, 0.2) is 64.0 Å². The summed E-state index contributed by atoms with van der Waals surface area (Å²) in [7, 11) is -3.04. The number of hydrogen-bond donors (Lipinski definition) is 1. The van der Waals surface area contributed by atoms with Gasteiger partial charge in [-0.25, -0.2) is 9.00 Å². The molecule has 3 rings (SSSR count). The molecule has 0 spiro atoms. The molecule has 0 aromatic heterocycles. The molecule has 1 unspecified atom stereocenters. The van der Waals surface area contributed by atoms with Crippen LogP contribution in [-0.2, 0) is 32.3 Å². The molecule has 1 N–H and O–H groups in total. The molecule has 1 heterocycles. The van der Waals surface area contributed by atoms with Crippen LogP contribution in [0.4, 0.5) is 10.5 Å². The van der Waals surface area contributed by atoms with Crippen LogP contribution in [0.1, 0.15) is 11.1 Å². The first kappa shape index (κ1) is 19.8. The number of nitrogens with zero attached hydrogens (tertiary/aromatic N) is 2. The number of ether oxygens (including phenoxy) is 1. The predicted octanol–water partition coefficient (Wildman–Crippen LogP) is 2.87. The zero-order chi connectivity index (χ0) is 20.0. The van der Waals surface area contributed by atoms with Gasteiger partial charge in [0.2, 0.25) is 5.91 Å². The summed E-state index contributed by atoms with van der Waals surface area (Å²) in [5, 5.41) is 2.69. The van der Waals surface area contributed by atoms with Gasteiger partial charge in [-0.15, -0.1) is 4.36 Å². The van der Waals surface area contributed by atoms with Gasteiger partial charge in [0.1, 0.15) is 12.4 Å². The summed E-state index contributed by atoms with van der Waals surface area (Å²) in [5.41, 5.74) is 3.64. The Morgan fingerprint density at radius 1 is 1.14 bits per heavy atom. The van der Waals surface area contributed by atoms with E-state index in [-0.39, 0.29) is 18.9 Å². The van der Waals surface area contributed by atoms with Gasteiger partial charge in [-0.05, 0) is 17.2 Å². The molecule has 0 radical (unpaired) electrons. The maximum atomic E-state index is 12.4. The lowest BCUT2D eigenvalue weighted by molar-refractivity contribution is -0.118. The number of nitrogens with one attached hydrogen (secondary N) is 1. The third kappa shape index (κ3) is 5.75. The van der Waals surface area contributed by atoms with Crippen molar-refractivity contribution in [3.8, 4) is 0 Å². The maximum absolute atomic E-state index is 12.4. The highest BCUT2D eigenvalue weighted by Crippen LogP contribution is 2.25. The van der Waals surface area contributed by atoms with Crippen molar-refractivity contribution in [3.63, 3.8) is 0 Å². The van der Waals surface area contributed by atoms with Crippen LogP contribution in [0.5, 0.6) is 0 Å². The second-order valence-corrected chi connectivity index (χ2v) is 8.89. The number of aliphatic imine (C=N–C) groups is 1. The number of fused-ring (bicyclic) bond motifs is 1. The zero-order valence-electron chi connectivity index (χ0n) is 15.5. The zero-order valence-corrected chi connectivity index (χ0v) is 16.3. The smallest absolute Gasteiger partial charge is 0.442 e. The second-order valence-electron chi connectivity index (χ2n) is 6.50. The minimum atomic E-state index is -3.04. The van der Waals surface area contributed by atoms with E-state index in [9.17, 15) is 13.8 Å². The lowest BCUT2D eigenvalue weighted by atomic mass is 10.1. The van der Waals surface area contributed by atoms with Gasteiger partial charge in [0, 0.05) is 18.4 Å². The summed E-state index contributed by atoms with van der Waals surface area (Å²) >= 11 is 0. The van der Waals surface area contributed by atoms with Crippen molar-refractivity contribution < 1.29 is 18.5 Å². The van der Waals surface area contributed by atoms with Gasteiger partial charge < -0.3 is 10.1 Å². The summed E-state index contributed by atoms with van der Waals surface area (Å²) in [6, 6.07) is 16.9. The topological polar surface area (TPSA) is 97.2 Å². The van der Waals surface area contributed by atoms with Crippen LogP contribution in [0.2, 0.25) is 0 Å². The van der Waals surface area contributed by atoms with Crippen LogP contribution in [-0.4, -0.2) is 40.5 Å². The molecule has 1 aliphatic rings. The number of carbonyl (C=O) groups excluding carboxylic acids is 2. The Bertz CT molecular complexity index is 1020. The molecule has 7 nitrogen and oxygen atoms in total. The van der Waals surface area contributed by atoms with Crippen LogP contribution in [0.3, 0.4) is 0 Å². The molecule has 0 saturated carbocycles.